The van der Waals surface area contributed by atoms with Crippen LogP contribution in [0.1, 0.15) is 29.9 Å². The van der Waals surface area contributed by atoms with E-state index < -0.39 is 17.8 Å². The SMILES string of the molecule is CC(N)c1nnnn1Cc1ccccc1C(F)(F)F. The molecule has 0 fully saturated rings. The average Bonchev–Trinajstić information content (AvgIpc) is 2.76. The van der Waals surface area contributed by atoms with Gasteiger partial charge in [-0.1, -0.05) is 18.2 Å². The number of nitrogens with zero attached hydrogens (tertiary/aromatic N) is 4. The van der Waals surface area contributed by atoms with Crippen molar-refractivity contribution in [2.75, 3.05) is 0 Å². The summed E-state index contributed by atoms with van der Waals surface area (Å²) in [5.74, 6) is 0.344. The number of alkyl halides is 3. The maximum atomic E-state index is 12.9. The average molecular weight is 271 g/mol. The summed E-state index contributed by atoms with van der Waals surface area (Å²) in [6.45, 7) is 1.59. The van der Waals surface area contributed by atoms with E-state index in [0.717, 1.165) is 6.07 Å². The minimum atomic E-state index is -4.40. The molecule has 0 aliphatic rings. The van der Waals surface area contributed by atoms with E-state index in [4.69, 9.17) is 5.73 Å². The molecule has 1 aromatic carbocycles. The zero-order valence-electron chi connectivity index (χ0n) is 10.1. The van der Waals surface area contributed by atoms with Gasteiger partial charge in [0.25, 0.3) is 0 Å². The molecule has 1 aromatic heterocycles. The first-order valence-electron chi connectivity index (χ1n) is 5.56. The molecule has 0 saturated heterocycles. The number of aromatic nitrogens is 4. The number of benzene rings is 1. The molecule has 2 aromatic rings. The van der Waals surface area contributed by atoms with Gasteiger partial charge in [0.15, 0.2) is 5.82 Å². The number of hydrogen-bond acceptors (Lipinski definition) is 4. The minimum Gasteiger partial charge on any atom is -0.322 e. The number of tetrazole rings is 1. The summed E-state index contributed by atoms with van der Waals surface area (Å²) in [4.78, 5) is 0. The van der Waals surface area contributed by atoms with Crippen molar-refractivity contribution in [3.63, 3.8) is 0 Å². The molecular formula is C11H12F3N5. The van der Waals surface area contributed by atoms with Crippen LogP contribution in [0.25, 0.3) is 0 Å². The molecule has 19 heavy (non-hydrogen) atoms. The van der Waals surface area contributed by atoms with Crippen LogP contribution in [0.2, 0.25) is 0 Å². The van der Waals surface area contributed by atoms with Crippen LogP contribution in [-0.2, 0) is 12.7 Å². The molecule has 1 heterocycles. The van der Waals surface area contributed by atoms with Crippen LogP contribution in [0.3, 0.4) is 0 Å². The Morgan fingerprint density at radius 2 is 2.00 bits per heavy atom. The maximum Gasteiger partial charge on any atom is 0.416 e. The van der Waals surface area contributed by atoms with Gasteiger partial charge >= 0.3 is 6.18 Å². The van der Waals surface area contributed by atoms with Crippen molar-refractivity contribution in [3.05, 3.63) is 41.2 Å². The Balaban J connectivity index is 2.36. The fourth-order valence-corrected chi connectivity index (χ4v) is 1.75. The zero-order chi connectivity index (χ0) is 14.0. The standard InChI is InChI=1S/C11H12F3N5/c1-7(15)10-16-17-18-19(10)6-8-4-2-3-5-9(8)11(12,13)14/h2-5,7H,6,15H2,1H3. The van der Waals surface area contributed by atoms with Gasteiger partial charge in [0.2, 0.25) is 0 Å². The predicted octanol–water partition coefficient (Wildman–Crippen LogP) is 1.76. The molecule has 0 aliphatic heterocycles. The normalized spacial score (nSPS) is 13.5. The summed E-state index contributed by atoms with van der Waals surface area (Å²) >= 11 is 0. The predicted molar refractivity (Wildman–Crippen MR) is 61.0 cm³/mol. The van der Waals surface area contributed by atoms with E-state index in [9.17, 15) is 13.2 Å². The maximum absolute atomic E-state index is 12.9. The van der Waals surface area contributed by atoms with Gasteiger partial charge in [0.1, 0.15) is 0 Å². The second-order valence-electron chi connectivity index (χ2n) is 4.14. The van der Waals surface area contributed by atoms with E-state index in [1.807, 2.05) is 0 Å². The molecule has 5 nitrogen and oxygen atoms in total. The van der Waals surface area contributed by atoms with Crippen molar-refractivity contribution >= 4 is 0 Å². The zero-order valence-corrected chi connectivity index (χ0v) is 10.1. The molecule has 2 rings (SSSR count). The molecule has 0 radical (unpaired) electrons. The van der Waals surface area contributed by atoms with Gasteiger partial charge in [-0.2, -0.15) is 13.2 Å². The van der Waals surface area contributed by atoms with Crippen molar-refractivity contribution in [1.82, 2.24) is 20.2 Å². The van der Waals surface area contributed by atoms with Gasteiger partial charge in [-0.15, -0.1) is 5.10 Å². The summed E-state index contributed by atoms with van der Waals surface area (Å²) < 4.78 is 39.8. The molecule has 0 saturated carbocycles. The molecule has 0 amide bonds. The Kier molecular flexibility index (Phi) is 3.52. The highest BCUT2D eigenvalue weighted by Gasteiger charge is 2.33. The second kappa shape index (κ2) is 4.96. The number of halogens is 3. The lowest BCUT2D eigenvalue weighted by Gasteiger charge is -2.13. The van der Waals surface area contributed by atoms with Crippen LogP contribution >= 0.6 is 0 Å². The van der Waals surface area contributed by atoms with E-state index in [-0.39, 0.29) is 12.1 Å². The van der Waals surface area contributed by atoms with Gasteiger partial charge in [-0.05, 0) is 29.0 Å². The third kappa shape index (κ3) is 2.90. The Labute approximate surface area is 107 Å². The molecule has 0 aliphatic carbocycles. The van der Waals surface area contributed by atoms with Crippen LogP contribution in [-0.4, -0.2) is 20.2 Å². The largest absolute Gasteiger partial charge is 0.416 e. The Bertz CT molecular complexity index is 561. The van der Waals surface area contributed by atoms with E-state index in [2.05, 4.69) is 15.5 Å². The third-order valence-electron chi connectivity index (χ3n) is 2.61. The van der Waals surface area contributed by atoms with E-state index in [1.165, 1.54) is 16.8 Å². The summed E-state index contributed by atoms with van der Waals surface area (Å²) in [5, 5.41) is 10.8. The van der Waals surface area contributed by atoms with Crippen LogP contribution in [0.15, 0.2) is 24.3 Å². The fourth-order valence-electron chi connectivity index (χ4n) is 1.75. The smallest absolute Gasteiger partial charge is 0.322 e. The molecular weight excluding hydrogens is 259 g/mol. The van der Waals surface area contributed by atoms with Gasteiger partial charge < -0.3 is 5.73 Å². The molecule has 8 heteroatoms. The summed E-state index contributed by atoms with van der Waals surface area (Å²) in [7, 11) is 0. The van der Waals surface area contributed by atoms with Crippen LogP contribution in [0.5, 0.6) is 0 Å². The third-order valence-corrected chi connectivity index (χ3v) is 2.61. The van der Waals surface area contributed by atoms with Gasteiger partial charge in [0.05, 0.1) is 18.2 Å². The van der Waals surface area contributed by atoms with Crippen molar-refractivity contribution in [2.45, 2.75) is 25.7 Å². The first-order chi connectivity index (χ1) is 8.89. The number of nitrogens with two attached hydrogens (primary N) is 1. The molecule has 2 N–H and O–H groups in total. The fraction of sp³-hybridized carbons (Fsp3) is 0.364. The van der Waals surface area contributed by atoms with Crippen LogP contribution in [0.4, 0.5) is 13.2 Å². The molecule has 0 spiro atoms. The van der Waals surface area contributed by atoms with Gasteiger partial charge in [0, 0.05) is 0 Å². The first kappa shape index (κ1) is 13.5. The van der Waals surface area contributed by atoms with Crippen molar-refractivity contribution < 1.29 is 13.2 Å². The van der Waals surface area contributed by atoms with Crippen molar-refractivity contribution in [3.8, 4) is 0 Å². The van der Waals surface area contributed by atoms with Crippen molar-refractivity contribution in [1.29, 1.82) is 0 Å². The van der Waals surface area contributed by atoms with Crippen LogP contribution < -0.4 is 5.73 Å². The second-order valence-corrected chi connectivity index (χ2v) is 4.14. The highest BCUT2D eigenvalue weighted by atomic mass is 19.4. The van der Waals surface area contributed by atoms with Crippen molar-refractivity contribution in [2.24, 2.45) is 5.73 Å². The van der Waals surface area contributed by atoms with Gasteiger partial charge in [-0.25, -0.2) is 4.68 Å². The topological polar surface area (TPSA) is 69.6 Å². The summed E-state index contributed by atoms with van der Waals surface area (Å²) in [6.07, 6.45) is -4.40. The number of hydrogen-bond donors (Lipinski definition) is 1. The lowest BCUT2D eigenvalue weighted by atomic mass is 10.1. The molecule has 1 unspecified atom stereocenters. The van der Waals surface area contributed by atoms with Crippen LogP contribution in [0, 0.1) is 0 Å². The minimum absolute atomic E-state index is 0.0699. The number of rotatable bonds is 3. The quantitative estimate of drug-likeness (QED) is 0.923. The first-order valence-corrected chi connectivity index (χ1v) is 5.56. The van der Waals surface area contributed by atoms with E-state index >= 15 is 0 Å². The molecule has 0 bridgehead atoms. The summed E-state index contributed by atoms with van der Waals surface area (Å²) in [6, 6.07) is 4.87. The van der Waals surface area contributed by atoms with E-state index in [0.29, 0.717) is 5.82 Å². The lowest BCUT2D eigenvalue weighted by molar-refractivity contribution is -0.138. The van der Waals surface area contributed by atoms with E-state index in [1.54, 1.807) is 13.0 Å². The Morgan fingerprint density at radius 3 is 2.63 bits per heavy atom. The Hall–Kier alpha value is -1.96. The molecule has 1 atom stereocenters. The Morgan fingerprint density at radius 1 is 1.32 bits per heavy atom. The van der Waals surface area contributed by atoms with Gasteiger partial charge in [-0.3, -0.25) is 0 Å². The molecule has 102 valence electrons. The lowest BCUT2D eigenvalue weighted by Crippen LogP contribution is -2.17. The monoisotopic (exact) mass is 271 g/mol. The highest BCUT2D eigenvalue weighted by molar-refractivity contribution is 5.29. The summed E-state index contributed by atoms with van der Waals surface area (Å²) in [5.41, 5.74) is 5.06. The highest BCUT2D eigenvalue weighted by Crippen LogP contribution is 2.32.